The summed E-state index contributed by atoms with van der Waals surface area (Å²) in [4.78, 5) is 13.2. The van der Waals surface area contributed by atoms with Crippen molar-refractivity contribution in [3.63, 3.8) is 0 Å². The first-order chi connectivity index (χ1) is 10.1. The van der Waals surface area contributed by atoms with E-state index in [1.807, 2.05) is 0 Å². The van der Waals surface area contributed by atoms with Crippen molar-refractivity contribution in [3.8, 4) is 0 Å². The Labute approximate surface area is 132 Å². The summed E-state index contributed by atoms with van der Waals surface area (Å²) >= 11 is 1.70. The lowest BCUT2D eigenvalue weighted by molar-refractivity contribution is -0.120. The number of carbonyl (C=O) groups is 1. The summed E-state index contributed by atoms with van der Waals surface area (Å²) in [5.74, 6) is 0.859. The Bertz CT molecular complexity index is 462. The van der Waals surface area contributed by atoms with Crippen molar-refractivity contribution in [2.75, 3.05) is 13.1 Å². The molecule has 1 heterocycles. The van der Waals surface area contributed by atoms with Gasteiger partial charge in [0.25, 0.3) is 0 Å². The third-order valence-electron chi connectivity index (χ3n) is 3.54. The Morgan fingerprint density at radius 3 is 3.05 bits per heavy atom. The van der Waals surface area contributed by atoms with Crippen LogP contribution in [-0.4, -0.2) is 24.2 Å². The molecule has 0 spiro atoms. The van der Waals surface area contributed by atoms with E-state index in [1.54, 1.807) is 11.8 Å². The molecule has 1 fully saturated rings. The van der Waals surface area contributed by atoms with Gasteiger partial charge in [0.2, 0.25) is 5.91 Å². The summed E-state index contributed by atoms with van der Waals surface area (Å²) in [6.07, 6.45) is 3.21. The zero-order chi connectivity index (χ0) is 15.1. The van der Waals surface area contributed by atoms with Crippen LogP contribution < -0.4 is 10.6 Å². The van der Waals surface area contributed by atoms with Crippen molar-refractivity contribution in [1.82, 2.24) is 10.6 Å². The second-order valence-electron chi connectivity index (χ2n) is 6.07. The number of benzene rings is 1. The zero-order valence-corrected chi connectivity index (χ0v) is 13.8. The van der Waals surface area contributed by atoms with Crippen LogP contribution in [0.3, 0.4) is 0 Å². The van der Waals surface area contributed by atoms with Crippen molar-refractivity contribution in [2.24, 2.45) is 5.92 Å². The van der Waals surface area contributed by atoms with Crippen LogP contribution in [0.1, 0.15) is 38.7 Å². The van der Waals surface area contributed by atoms with E-state index < -0.39 is 0 Å². The SMILES string of the molecule is CC(C)CNCc1cccc(SC2CCCCNC2=O)c1. The molecule has 0 saturated carbocycles. The van der Waals surface area contributed by atoms with Crippen molar-refractivity contribution in [3.05, 3.63) is 29.8 Å². The summed E-state index contributed by atoms with van der Waals surface area (Å²) in [5, 5.41) is 6.53. The average molecular weight is 306 g/mol. The predicted molar refractivity (Wildman–Crippen MR) is 89.5 cm³/mol. The number of amides is 1. The van der Waals surface area contributed by atoms with Crippen molar-refractivity contribution in [1.29, 1.82) is 0 Å². The standard InChI is InChI=1S/C17H26N2OS/c1-13(2)11-18-12-14-6-5-7-15(10-14)21-16-8-3-4-9-19-17(16)20/h5-7,10,13,16,18H,3-4,8-9,11-12H2,1-2H3,(H,19,20). The molecule has 1 aliphatic heterocycles. The quantitative estimate of drug-likeness (QED) is 0.848. The maximum Gasteiger partial charge on any atom is 0.233 e. The van der Waals surface area contributed by atoms with Gasteiger partial charge in [-0.3, -0.25) is 4.79 Å². The molecule has 1 unspecified atom stereocenters. The number of rotatable bonds is 6. The molecular weight excluding hydrogens is 280 g/mol. The number of carbonyl (C=O) groups excluding carboxylic acids is 1. The highest BCUT2D eigenvalue weighted by molar-refractivity contribution is 8.00. The first kappa shape index (κ1) is 16.4. The highest BCUT2D eigenvalue weighted by Gasteiger charge is 2.21. The summed E-state index contributed by atoms with van der Waals surface area (Å²) in [6.45, 7) is 7.18. The molecule has 1 atom stereocenters. The van der Waals surface area contributed by atoms with E-state index in [9.17, 15) is 4.79 Å². The van der Waals surface area contributed by atoms with Gasteiger partial charge in [-0.15, -0.1) is 11.8 Å². The Morgan fingerprint density at radius 1 is 1.38 bits per heavy atom. The molecule has 3 nitrogen and oxygen atoms in total. The molecule has 1 aromatic carbocycles. The Morgan fingerprint density at radius 2 is 2.24 bits per heavy atom. The van der Waals surface area contributed by atoms with Crippen LogP contribution in [0.4, 0.5) is 0 Å². The first-order valence-corrected chi connectivity index (χ1v) is 8.77. The van der Waals surface area contributed by atoms with Gasteiger partial charge in [-0.05, 0) is 43.0 Å². The monoisotopic (exact) mass is 306 g/mol. The average Bonchev–Trinajstić information content (AvgIpc) is 2.64. The molecule has 1 aliphatic rings. The van der Waals surface area contributed by atoms with Crippen LogP contribution >= 0.6 is 11.8 Å². The third-order valence-corrected chi connectivity index (χ3v) is 4.80. The Kier molecular flexibility index (Phi) is 6.58. The topological polar surface area (TPSA) is 41.1 Å². The first-order valence-electron chi connectivity index (χ1n) is 7.89. The fourth-order valence-corrected chi connectivity index (χ4v) is 3.60. The van der Waals surface area contributed by atoms with E-state index in [1.165, 1.54) is 10.5 Å². The highest BCUT2D eigenvalue weighted by Crippen LogP contribution is 2.28. The largest absolute Gasteiger partial charge is 0.355 e. The van der Waals surface area contributed by atoms with Crippen LogP contribution in [0.15, 0.2) is 29.2 Å². The van der Waals surface area contributed by atoms with Crippen LogP contribution in [0.2, 0.25) is 0 Å². The second-order valence-corrected chi connectivity index (χ2v) is 7.34. The molecule has 0 radical (unpaired) electrons. The van der Waals surface area contributed by atoms with E-state index in [0.717, 1.165) is 38.9 Å². The van der Waals surface area contributed by atoms with Gasteiger partial charge >= 0.3 is 0 Å². The lowest BCUT2D eigenvalue weighted by Gasteiger charge is -2.14. The second kappa shape index (κ2) is 8.44. The maximum atomic E-state index is 12.0. The Balaban J connectivity index is 1.92. The van der Waals surface area contributed by atoms with Crippen molar-refractivity contribution >= 4 is 17.7 Å². The van der Waals surface area contributed by atoms with Crippen molar-refractivity contribution < 1.29 is 4.79 Å². The van der Waals surface area contributed by atoms with E-state index >= 15 is 0 Å². The van der Waals surface area contributed by atoms with Crippen LogP contribution in [-0.2, 0) is 11.3 Å². The molecule has 2 N–H and O–H groups in total. The molecule has 1 saturated heterocycles. The Hall–Kier alpha value is -1.00. The molecule has 1 amide bonds. The number of nitrogens with one attached hydrogen (secondary N) is 2. The minimum Gasteiger partial charge on any atom is -0.355 e. The summed E-state index contributed by atoms with van der Waals surface area (Å²) < 4.78 is 0. The van der Waals surface area contributed by atoms with Gasteiger partial charge in [-0.1, -0.05) is 32.4 Å². The smallest absolute Gasteiger partial charge is 0.233 e. The van der Waals surface area contributed by atoms with Crippen LogP contribution in [0.5, 0.6) is 0 Å². The molecule has 2 rings (SSSR count). The van der Waals surface area contributed by atoms with E-state index in [-0.39, 0.29) is 11.2 Å². The number of thioether (sulfide) groups is 1. The normalized spacial score (nSPS) is 19.4. The minimum atomic E-state index is 0.0615. The minimum absolute atomic E-state index is 0.0615. The molecule has 21 heavy (non-hydrogen) atoms. The summed E-state index contributed by atoms with van der Waals surface area (Å²) in [7, 11) is 0. The number of hydrogen-bond acceptors (Lipinski definition) is 3. The van der Waals surface area contributed by atoms with Crippen molar-refractivity contribution in [2.45, 2.75) is 49.8 Å². The summed E-state index contributed by atoms with van der Waals surface area (Å²) in [6, 6.07) is 8.54. The maximum absolute atomic E-state index is 12.0. The van der Waals surface area contributed by atoms with Gasteiger partial charge in [-0.2, -0.15) is 0 Å². The third kappa shape index (κ3) is 5.71. The molecule has 1 aromatic rings. The lowest BCUT2D eigenvalue weighted by Crippen LogP contribution is -2.30. The fraction of sp³-hybridized carbons (Fsp3) is 0.588. The molecule has 0 aliphatic carbocycles. The molecule has 0 aromatic heterocycles. The highest BCUT2D eigenvalue weighted by atomic mass is 32.2. The van der Waals surface area contributed by atoms with E-state index in [0.29, 0.717) is 5.92 Å². The fourth-order valence-electron chi connectivity index (χ4n) is 2.42. The van der Waals surface area contributed by atoms with Crippen LogP contribution in [0.25, 0.3) is 0 Å². The molecule has 4 heteroatoms. The molecular formula is C17H26N2OS. The predicted octanol–water partition coefficient (Wildman–Crippen LogP) is 3.19. The van der Waals surface area contributed by atoms with Gasteiger partial charge in [-0.25, -0.2) is 0 Å². The van der Waals surface area contributed by atoms with E-state index in [2.05, 4.69) is 48.7 Å². The zero-order valence-electron chi connectivity index (χ0n) is 13.0. The number of hydrogen-bond donors (Lipinski definition) is 2. The van der Waals surface area contributed by atoms with Crippen LogP contribution in [0, 0.1) is 5.92 Å². The summed E-state index contributed by atoms with van der Waals surface area (Å²) in [5.41, 5.74) is 1.29. The van der Waals surface area contributed by atoms with Gasteiger partial charge in [0, 0.05) is 18.0 Å². The lowest BCUT2D eigenvalue weighted by atomic mass is 10.2. The van der Waals surface area contributed by atoms with Gasteiger partial charge in [0.1, 0.15) is 0 Å². The van der Waals surface area contributed by atoms with Gasteiger partial charge in [0.15, 0.2) is 0 Å². The van der Waals surface area contributed by atoms with Gasteiger partial charge in [0.05, 0.1) is 5.25 Å². The van der Waals surface area contributed by atoms with Gasteiger partial charge < -0.3 is 10.6 Å². The van der Waals surface area contributed by atoms with E-state index in [4.69, 9.17) is 0 Å². The molecule has 116 valence electrons. The molecule has 0 bridgehead atoms.